The highest BCUT2D eigenvalue weighted by atomic mass is 16.5. The van der Waals surface area contributed by atoms with Crippen molar-refractivity contribution in [3.8, 4) is 28.7 Å². The second-order valence-electron chi connectivity index (χ2n) is 3.53. The Labute approximate surface area is 102 Å². The summed E-state index contributed by atoms with van der Waals surface area (Å²) >= 11 is 0. The van der Waals surface area contributed by atoms with Gasteiger partial charge in [-0.15, -0.1) is 0 Å². The SMILES string of the molecule is Oc1ccccc1-c1nc(-c2ccncn2)no1. The molecule has 0 fully saturated rings. The molecule has 1 N–H and O–H groups in total. The van der Waals surface area contributed by atoms with Crippen LogP contribution in [0.15, 0.2) is 47.4 Å². The average molecular weight is 240 g/mol. The third-order valence-electron chi connectivity index (χ3n) is 2.37. The number of phenols is 1. The summed E-state index contributed by atoms with van der Waals surface area (Å²) in [7, 11) is 0. The fourth-order valence-corrected chi connectivity index (χ4v) is 1.51. The number of benzene rings is 1. The van der Waals surface area contributed by atoms with E-state index in [-0.39, 0.29) is 11.6 Å². The minimum absolute atomic E-state index is 0.0930. The smallest absolute Gasteiger partial charge is 0.262 e. The van der Waals surface area contributed by atoms with Crippen molar-refractivity contribution in [2.75, 3.05) is 0 Å². The molecule has 0 unspecified atom stereocenters. The Kier molecular flexibility index (Phi) is 2.45. The Morgan fingerprint density at radius 1 is 1.11 bits per heavy atom. The van der Waals surface area contributed by atoms with Crippen molar-refractivity contribution in [2.45, 2.75) is 0 Å². The lowest BCUT2D eigenvalue weighted by molar-refractivity contribution is 0.425. The van der Waals surface area contributed by atoms with Crippen molar-refractivity contribution in [1.29, 1.82) is 0 Å². The standard InChI is InChI=1S/C12H8N4O2/c17-10-4-2-1-3-8(10)12-15-11(16-18-12)9-5-6-13-7-14-9/h1-7,17H. The number of rotatable bonds is 2. The first kappa shape index (κ1) is 10.4. The molecule has 6 heteroatoms. The molecule has 1 aromatic carbocycles. The average Bonchev–Trinajstić information content (AvgIpc) is 2.90. The lowest BCUT2D eigenvalue weighted by atomic mass is 10.2. The number of aromatic hydroxyl groups is 1. The predicted octanol–water partition coefficient (Wildman–Crippen LogP) is 1.90. The molecule has 0 bridgehead atoms. The molecule has 0 aliphatic carbocycles. The zero-order valence-electron chi connectivity index (χ0n) is 9.19. The minimum atomic E-state index is 0.0930. The lowest BCUT2D eigenvalue weighted by Crippen LogP contribution is -1.86. The summed E-state index contributed by atoms with van der Waals surface area (Å²) in [6, 6.07) is 8.44. The van der Waals surface area contributed by atoms with Crippen LogP contribution in [0.25, 0.3) is 23.0 Å². The first-order chi connectivity index (χ1) is 8.84. The lowest BCUT2D eigenvalue weighted by Gasteiger charge is -1.96. The third-order valence-corrected chi connectivity index (χ3v) is 2.37. The molecule has 6 nitrogen and oxygen atoms in total. The molecule has 0 radical (unpaired) electrons. The molecule has 18 heavy (non-hydrogen) atoms. The number of phenolic OH excluding ortho intramolecular Hbond substituents is 1. The Balaban J connectivity index is 2.03. The molecule has 0 spiro atoms. The molecule has 0 saturated heterocycles. The van der Waals surface area contributed by atoms with Gasteiger partial charge in [0.1, 0.15) is 17.8 Å². The molecule has 0 amide bonds. The maximum Gasteiger partial charge on any atom is 0.262 e. The van der Waals surface area contributed by atoms with E-state index in [0.717, 1.165) is 0 Å². The Morgan fingerprint density at radius 3 is 2.78 bits per heavy atom. The van der Waals surface area contributed by atoms with E-state index in [4.69, 9.17) is 4.52 Å². The van der Waals surface area contributed by atoms with Gasteiger partial charge in [-0.2, -0.15) is 4.98 Å². The van der Waals surface area contributed by atoms with Gasteiger partial charge in [0.2, 0.25) is 5.82 Å². The summed E-state index contributed by atoms with van der Waals surface area (Å²) in [6.45, 7) is 0. The molecule has 0 saturated carbocycles. The first-order valence-corrected chi connectivity index (χ1v) is 5.23. The fourth-order valence-electron chi connectivity index (χ4n) is 1.51. The van der Waals surface area contributed by atoms with E-state index in [1.165, 1.54) is 6.33 Å². The zero-order valence-corrected chi connectivity index (χ0v) is 9.19. The normalized spacial score (nSPS) is 10.4. The van der Waals surface area contributed by atoms with Crippen LogP contribution in [0.1, 0.15) is 0 Å². The topological polar surface area (TPSA) is 84.9 Å². The number of para-hydroxylation sites is 1. The molecular formula is C12H8N4O2. The van der Waals surface area contributed by atoms with Crippen LogP contribution < -0.4 is 0 Å². The van der Waals surface area contributed by atoms with Crippen molar-refractivity contribution >= 4 is 0 Å². The fraction of sp³-hybridized carbons (Fsp3) is 0. The summed E-state index contributed by atoms with van der Waals surface area (Å²) in [5.74, 6) is 0.702. The van der Waals surface area contributed by atoms with Gasteiger partial charge in [-0.1, -0.05) is 17.3 Å². The number of hydrogen-bond donors (Lipinski definition) is 1. The summed E-state index contributed by atoms with van der Waals surface area (Å²) in [5.41, 5.74) is 1.06. The molecule has 0 aliphatic rings. The van der Waals surface area contributed by atoms with E-state index in [9.17, 15) is 5.11 Å². The van der Waals surface area contributed by atoms with Crippen LogP contribution in [0.5, 0.6) is 5.75 Å². The van der Waals surface area contributed by atoms with Gasteiger partial charge in [-0.05, 0) is 18.2 Å². The molecular weight excluding hydrogens is 232 g/mol. The first-order valence-electron chi connectivity index (χ1n) is 5.23. The van der Waals surface area contributed by atoms with Gasteiger partial charge < -0.3 is 9.63 Å². The number of aromatic nitrogens is 4. The van der Waals surface area contributed by atoms with E-state index in [1.807, 2.05) is 0 Å². The van der Waals surface area contributed by atoms with E-state index >= 15 is 0 Å². The number of nitrogens with zero attached hydrogens (tertiary/aromatic N) is 4. The summed E-state index contributed by atoms with van der Waals surface area (Å²) in [5, 5.41) is 13.5. The molecule has 3 rings (SSSR count). The zero-order chi connectivity index (χ0) is 12.4. The number of hydrogen-bond acceptors (Lipinski definition) is 6. The highest BCUT2D eigenvalue weighted by Crippen LogP contribution is 2.28. The van der Waals surface area contributed by atoms with Crippen molar-refractivity contribution < 1.29 is 9.63 Å². The van der Waals surface area contributed by atoms with Crippen molar-refractivity contribution in [3.05, 3.63) is 42.9 Å². The maximum absolute atomic E-state index is 9.69. The van der Waals surface area contributed by atoms with Gasteiger partial charge in [0, 0.05) is 6.20 Å². The maximum atomic E-state index is 9.69. The van der Waals surface area contributed by atoms with Crippen LogP contribution in [0.2, 0.25) is 0 Å². The van der Waals surface area contributed by atoms with E-state index < -0.39 is 0 Å². The van der Waals surface area contributed by atoms with E-state index in [1.54, 1.807) is 36.5 Å². The van der Waals surface area contributed by atoms with E-state index in [2.05, 4.69) is 20.1 Å². The molecule has 2 aromatic heterocycles. The largest absolute Gasteiger partial charge is 0.507 e. The van der Waals surface area contributed by atoms with Gasteiger partial charge >= 0.3 is 0 Å². The summed E-state index contributed by atoms with van der Waals surface area (Å²) in [4.78, 5) is 12.0. The van der Waals surface area contributed by atoms with Crippen LogP contribution in [0.4, 0.5) is 0 Å². The summed E-state index contributed by atoms with van der Waals surface area (Å²) < 4.78 is 5.10. The highest BCUT2D eigenvalue weighted by molar-refractivity contribution is 5.63. The monoisotopic (exact) mass is 240 g/mol. The Bertz CT molecular complexity index is 667. The minimum Gasteiger partial charge on any atom is -0.507 e. The van der Waals surface area contributed by atoms with Crippen LogP contribution in [0, 0.1) is 0 Å². The molecule has 0 aliphatic heterocycles. The second kappa shape index (κ2) is 4.25. The quantitative estimate of drug-likeness (QED) is 0.736. The van der Waals surface area contributed by atoms with Crippen molar-refractivity contribution in [1.82, 2.24) is 20.1 Å². The third kappa shape index (κ3) is 1.80. The van der Waals surface area contributed by atoms with Gasteiger partial charge in [0.05, 0.1) is 5.56 Å². The van der Waals surface area contributed by atoms with Crippen LogP contribution in [0.3, 0.4) is 0 Å². The van der Waals surface area contributed by atoms with Crippen LogP contribution in [-0.2, 0) is 0 Å². The van der Waals surface area contributed by atoms with Crippen molar-refractivity contribution in [2.24, 2.45) is 0 Å². The van der Waals surface area contributed by atoms with Gasteiger partial charge in [0.25, 0.3) is 5.89 Å². The van der Waals surface area contributed by atoms with Gasteiger partial charge in [-0.3, -0.25) is 0 Å². The molecule has 3 aromatic rings. The van der Waals surface area contributed by atoms with Gasteiger partial charge in [0.15, 0.2) is 0 Å². The van der Waals surface area contributed by atoms with Crippen LogP contribution >= 0.6 is 0 Å². The second-order valence-corrected chi connectivity index (χ2v) is 3.53. The molecule has 0 atom stereocenters. The summed E-state index contributed by atoms with van der Waals surface area (Å²) in [6.07, 6.45) is 3.00. The van der Waals surface area contributed by atoms with E-state index in [0.29, 0.717) is 17.1 Å². The highest BCUT2D eigenvalue weighted by Gasteiger charge is 2.13. The predicted molar refractivity (Wildman–Crippen MR) is 62.4 cm³/mol. The van der Waals surface area contributed by atoms with Crippen molar-refractivity contribution in [3.63, 3.8) is 0 Å². The van der Waals surface area contributed by atoms with Crippen LogP contribution in [-0.4, -0.2) is 25.2 Å². The molecule has 2 heterocycles. The Morgan fingerprint density at radius 2 is 2.00 bits per heavy atom. The van der Waals surface area contributed by atoms with Gasteiger partial charge in [-0.25, -0.2) is 9.97 Å². The Hall–Kier alpha value is -2.76. The molecule has 88 valence electrons.